The smallest absolute Gasteiger partial charge is 0.0904 e. The van der Waals surface area contributed by atoms with E-state index in [-0.39, 0.29) is 0 Å². The lowest BCUT2D eigenvalue weighted by atomic mass is 10.0. The topological polar surface area (TPSA) is 27.7 Å². The van der Waals surface area contributed by atoms with Crippen molar-refractivity contribution in [2.75, 3.05) is 33.0 Å². The Morgan fingerprint density at radius 2 is 1.83 bits per heavy atom. The molecule has 1 aromatic rings. The van der Waals surface area contributed by atoms with Crippen LogP contribution in [-0.4, -0.2) is 54.9 Å². The van der Waals surface area contributed by atoms with Crippen LogP contribution in [-0.2, 0) is 4.74 Å². The van der Waals surface area contributed by atoms with Crippen LogP contribution in [0.3, 0.4) is 0 Å². The molecule has 3 heterocycles. The second-order valence-corrected chi connectivity index (χ2v) is 7.33. The lowest BCUT2D eigenvalue weighted by molar-refractivity contribution is 0.0402. The molecule has 0 bridgehead atoms. The summed E-state index contributed by atoms with van der Waals surface area (Å²) in [6.07, 6.45) is 7.21. The van der Waals surface area contributed by atoms with Gasteiger partial charge in [-0.25, -0.2) is 0 Å². The number of hydrogen-bond acceptors (Lipinski definition) is 4. The molecule has 2 saturated heterocycles. The molecule has 0 atom stereocenters. The maximum Gasteiger partial charge on any atom is 0.0904 e. The summed E-state index contributed by atoms with van der Waals surface area (Å²) in [7, 11) is 0. The van der Waals surface area contributed by atoms with Gasteiger partial charge < -0.3 is 19.9 Å². The third-order valence-electron chi connectivity index (χ3n) is 5.64. The predicted molar refractivity (Wildman–Crippen MR) is 97.4 cm³/mol. The number of nitrogens with zero attached hydrogens (tertiary/aromatic N) is 2. The van der Waals surface area contributed by atoms with Gasteiger partial charge in [-0.15, -0.1) is 0 Å². The maximum atomic E-state index is 5.56. The Morgan fingerprint density at radius 3 is 2.58 bits per heavy atom. The fourth-order valence-electron chi connectivity index (χ4n) is 4.24. The van der Waals surface area contributed by atoms with Crippen LogP contribution < -0.4 is 5.32 Å². The van der Waals surface area contributed by atoms with Crippen molar-refractivity contribution in [3.8, 4) is 0 Å². The molecule has 1 aromatic carbocycles. The Labute approximate surface area is 145 Å². The summed E-state index contributed by atoms with van der Waals surface area (Å²) in [6, 6.07) is 10.2. The van der Waals surface area contributed by atoms with Crippen LogP contribution in [0.15, 0.2) is 30.5 Å². The second kappa shape index (κ2) is 7.16. The fraction of sp³-hybridized carbons (Fsp3) is 0.600. The standard InChI is InChI=1S/C20H29N3O/c1-16-3-2-4-17(13-16)20-14-22(18-7-11-24-12-8-18)15-23(20)19-5-9-21-10-6-19/h2-4,13-14,18-19,21H,5-12,15H2,1H3. The molecule has 0 aromatic heterocycles. The van der Waals surface area contributed by atoms with E-state index in [4.69, 9.17) is 4.74 Å². The van der Waals surface area contributed by atoms with Crippen LogP contribution in [0.4, 0.5) is 0 Å². The Bertz CT molecular complexity index is 588. The van der Waals surface area contributed by atoms with E-state index in [1.54, 1.807) is 0 Å². The van der Waals surface area contributed by atoms with Gasteiger partial charge in [-0.05, 0) is 57.3 Å². The quantitative estimate of drug-likeness (QED) is 0.924. The van der Waals surface area contributed by atoms with E-state index in [1.807, 2.05) is 0 Å². The van der Waals surface area contributed by atoms with Gasteiger partial charge in [0.1, 0.15) is 0 Å². The molecule has 4 heteroatoms. The van der Waals surface area contributed by atoms with E-state index in [2.05, 4.69) is 52.5 Å². The Balaban J connectivity index is 1.60. The Hall–Kier alpha value is -1.52. The van der Waals surface area contributed by atoms with Crippen LogP contribution in [0, 0.1) is 6.92 Å². The first-order valence-electron chi connectivity index (χ1n) is 9.41. The van der Waals surface area contributed by atoms with Gasteiger partial charge in [0.25, 0.3) is 0 Å². The lowest BCUT2D eigenvalue weighted by Crippen LogP contribution is -2.45. The Kier molecular flexibility index (Phi) is 4.76. The Morgan fingerprint density at radius 1 is 1.04 bits per heavy atom. The minimum atomic E-state index is 0.630. The first kappa shape index (κ1) is 16.0. The highest BCUT2D eigenvalue weighted by Crippen LogP contribution is 2.33. The lowest BCUT2D eigenvalue weighted by Gasteiger charge is -2.37. The van der Waals surface area contributed by atoms with Crippen molar-refractivity contribution in [3.63, 3.8) is 0 Å². The average Bonchev–Trinajstić information content (AvgIpc) is 3.09. The molecular formula is C20H29N3O. The normalized spacial score (nSPS) is 23.6. The molecule has 0 spiro atoms. The molecule has 1 N–H and O–H groups in total. The van der Waals surface area contributed by atoms with E-state index >= 15 is 0 Å². The zero-order valence-electron chi connectivity index (χ0n) is 14.7. The molecule has 0 unspecified atom stereocenters. The summed E-state index contributed by atoms with van der Waals surface area (Å²) >= 11 is 0. The molecule has 130 valence electrons. The second-order valence-electron chi connectivity index (χ2n) is 7.33. The van der Waals surface area contributed by atoms with Gasteiger partial charge in [-0.1, -0.05) is 23.8 Å². The monoisotopic (exact) mass is 327 g/mol. The van der Waals surface area contributed by atoms with Crippen molar-refractivity contribution < 1.29 is 4.74 Å². The van der Waals surface area contributed by atoms with Gasteiger partial charge in [-0.3, -0.25) is 0 Å². The zero-order valence-corrected chi connectivity index (χ0v) is 14.7. The van der Waals surface area contributed by atoms with Gasteiger partial charge >= 0.3 is 0 Å². The van der Waals surface area contributed by atoms with Crippen molar-refractivity contribution in [1.29, 1.82) is 0 Å². The largest absolute Gasteiger partial charge is 0.381 e. The predicted octanol–water partition coefficient (Wildman–Crippen LogP) is 2.80. The third-order valence-corrected chi connectivity index (χ3v) is 5.64. The summed E-state index contributed by atoms with van der Waals surface area (Å²) in [5.74, 6) is 0. The zero-order chi connectivity index (χ0) is 16.4. The molecule has 0 amide bonds. The summed E-state index contributed by atoms with van der Waals surface area (Å²) < 4.78 is 5.56. The highest BCUT2D eigenvalue weighted by molar-refractivity contribution is 5.66. The van der Waals surface area contributed by atoms with E-state index in [1.165, 1.54) is 29.7 Å². The molecule has 0 radical (unpaired) electrons. The van der Waals surface area contributed by atoms with E-state index in [9.17, 15) is 0 Å². The molecular weight excluding hydrogens is 298 g/mol. The number of benzene rings is 1. The molecule has 2 fully saturated rings. The summed E-state index contributed by atoms with van der Waals surface area (Å²) in [4.78, 5) is 5.23. The molecule has 3 aliphatic rings. The maximum absolute atomic E-state index is 5.56. The van der Waals surface area contributed by atoms with E-state index in [0.29, 0.717) is 12.1 Å². The van der Waals surface area contributed by atoms with Gasteiger partial charge in [0.2, 0.25) is 0 Å². The minimum absolute atomic E-state index is 0.630. The van der Waals surface area contributed by atoms with E-state index in [0.717, 1.165) is 45.8 Å². The van der Waals surface area contributed by atoms with Gasteiger partial charge in [0.05, 0.1) is 12.4 Å². The first-order valence-corrected chi connectivity index (χ1v) is 9.41. The molecule has 24 heavy (non-hydrogen) atoms. The van der Waals surface area contributed by atoms with Crippen molar-refractivity contribution in [2.45, 2.75) is 44.7 Å². The number of hydrogen-bond donors (Lipinski definition) is 1. The molecule has 4 rings (SSSR count). The molecule has 0 aliphatic carbocycles. The van der Waals surface area contributed by atoms with Crippen LogP contribution in [0.25, 0.3) is 5.70 Å². The molecule has 4 nitrogen and oxygen atoms in total. The van der Waals surface area contributed by atoms with Crippen molar-refractivity contribution >= 4 is 5.70 Å². The van der Waals surface area contributed by atoms with Gasteiger partial charge in [-0.2, -0.15) is 0 Å². The minimum Gasteiger partial charge on any atom is -0.381 e. The van der Waals surface area contributed by atoms with Crippen molar-refractivity contribution in [2.24, 2.45) is 0 Å². The average molecular weight is 327 g/mol. The molecule has 0 saturated carbocycles. The van der Waals surface area contributed by atoms with E-state index < -0.39 is 0 Å². The van der Waals surface area contributed by atoms with Gasteiger partial charge in [0.15, 0.2) is 0 Å². The van der Waals surface area contributed by atoms with Crippen LogP contribution in [0.5, 0.6) is 0 Å². The number of rotatable bonds is 3. The van der Waals surface area contributed by atoms with Crippen LogP contribution in [0.2, 0.25) is 0 Å². The summed E-state index contributed by atoms with van der Waals surface area (Å²) in [5.41, 5.74) is 4.11. The van der Waals surface area contributed by atoms with Crippen molar-refractivity contribution in [3.05, 3.63) is 41.6 Å². The number of aryl methyl sites for hydroxylation is 1. The highest BCUT2D eigenvalue weighted by atomic mass is 16.5. The number of ether oxygens (including phenoxy) is 1. The number of piperidine rings is 1. The number of nitrogens with one attached hydrogen (secondary N) is 1. The summed E-state index contributed by atoms with van der Waals surface area (Å²) in [6.45, 7) is 7.31. The fourth-order valence-corrected chi connectivity index (χ4v) is 4.24. The van der Waals surface area contributed by atoms with Gasteiger partial charge in [0, 0.05) is 31.5 Å². The SMILES string of the molecule is Cc1cccc(C2=CN(C3CCOCC3)CN2C2CCNCC2)c1. The van der Waals surface area contributed by atoms with Crippen LogP contribution >= 0.6 is 0 Å². The summed E-state index contributed by atoms with van der Waals surface area (Å²) in [5, 5.41) is 3.50. The van der Waals surface area contributed by atoms with Crippen LogP contribution in [0.1, 0.15) is 36.8 Å². The molecule has 3 aliphatic heterocycles. The third kappa shape index (κ3) is 3.31. The first-order chi connectivity index (χ1) is 11.8. The highest BCUT2D eigenvalue weighted by Gasteiger charge is 2.32. The van der Waals surface area contributed by atoms with Crippen molar-refractivity contribution in [1.82, 2.24) is 15.1 Å².